The van der Waals surface area contributed by atoms with Crippen molar-refractivity contribution in [3.63, 3.8) is 0 Å². The molecule has 0 aromatic carbocycles. The highest BCUT2D eigenvalue weighted by molar-refractivity contribution is 4.85. The van der Waals surface area contributed by atoms with Gasteiger partial charge in [-0.2, -0.15) is 0 Å². The van der Waals surface area contributed by atoms with Crippen LogP contribution in [0, 0.1) is 11.8 Å². The molecule has 0 amide bonds. The summed E-state index contributed by atoms with van der Waals surface area (Å²) in [6.45, 7) is 9.61. The summed E-state index contributed by atoms with van der Waals surface area (Å²) in [5, 5.41) is 3.74. The van der Waals surface area contributed by atoms with Crippen molar-refractivity contribution in [1.29, 1.82) is 0 Å². The lowest BCUT2D eigenvalue weighted by Crippen LogP contribution is -2.35. The van der Waals surface area contributed by atoms with Crippen LogP contribution in [0.1, 0.15) is 58.8 Å². The fourth-order valence-electron chi connectivity index (χ4n) is 2.98. The molecule has 1 rings (SSSR count). The number of nitrogens with one attached hydrogen (secondary N) is 1. The van der Waals surface area contributed by atoms with Gasteiger partial charge in [-0.15, -0.1) is 6.58 Å². The van der Waals surface area contributed by atoms with Gasteiger partial charge >= 0.3 is 0 Å². The van der Waals surface area contributed by atoms with E-state index >= 15 is 0 Å². The molecule has 1 nitrogen and oxygen atoms in total. The molecule has 0 radical (unpaired) electrons. The quantitative estimate of drug-likeness (QED) is 0.610. The Hall–Kier alpha value is -0.300. The molecule has 16 heavy (non-hydrogen) atoms. The van der Waals surface area contributed by atoms with Gasteiger partial charge in [-0.25, -0.2) is 0 Å². The Morgan fingerprint density at radius 1 is 1.38 bits per heavy atom. The summed E-state index contributed by atoms with van der Waals surface area (Å²) in [4.78, 5) is 0. The van der Waals surface area contributed by atoms with E-state index in [0.717, 1.165) is 24.3 Å². The second-order valence-electron chi connectivity index (χ2n) is 5.27. The van der Waals surface area contributed by atoms with E-state index in [1.165, 1.54) is 45.1 Å². The van der Waals surface area contributed by atoms with E-state index in [1.54, 1.807) is 0 Å². The molecule has 0 aromatic heterocycles. The van der Waals surface area contributed by atoms with Gasteiger partial charge in [-0.1, -0.05) is 32.8 Å². The molecular weight excluding hydrogens is 194 g/mol. The molecular formula is C15H29N. The summed E-state index contributed by atoms with van der Waals surface area (Å²) < 4.78 is 0. The minimum Gasteiger partial charge on any atom is -0.314 e. The monoisotopic (exact) mass is 223 g/mol. The van der Waals surface area contributed by atoms with Crippen molar-refractivity contribution in [3.8, 4) is 0 Å². The summed E-state index contributed by atoms with van der Waals surface area (Å²) in [5.74, 6) is 1.93. The summed E-state index contributed by atoms with van der Waals surface area (Å²) in [6.07, 6.45) is 11.5. The van der Waals surface area contributed by atoms with Crippen LogP contribution in [0.2, 0.25) is 0 Å². The normalized spacial score (nSPS) is 26.9. The van der Waals surface area contributed by atoms with Crippen LogP contribution in [0.4, 0.5) is 0 Å². The second-order valence-corrected chi connectivity index (χ2v) is 5.27. The molecule has 1 N–H and O–H groups in total. The van der Waals surface area contributed by atoms with Gasteiger partial charge in [-0.3, -0.25) is 0 Å². The van der Waals surface area contributed by atoms with Crippen molar-refractivity contribution >= 4 is 0 Å². The molecule has 1 aliphatic carbocycles. The number of hydrogen-bond acceptors (Lipinski definition) is 1. The third kappa shape index (κ3) is 4.29. The number of rotatable bonds is 8. The summed E-state index contributed by atoms with van der Waals surface area (Å²) in [7, 11) is 0. The van der Waals surface area contributed by atoms with E-state index in [4.69, 9.17) is 0 Å². The Morgan fingerprint density at radius 3 is 2.75 bits per heavy atom. The van der Waals surface area contributed by atoms with Crippen LogP contribution in [0.5, 0.6) is 0 Å². The zero-order valence-electron chi connectivity index (χ0n) is 11.2. The highest BCUT2D eigenvalue weighted by Gasteiger charge is 2.28. The van der Waals surface area contributed by atoms with Gasteiger partial charge in [0.15, 0.2) is 0 Å². The van der Waals surface area contributed by atoms with Crippen molar-refractivity contribution in [2.45, 2.75) is 64.8 Å². The molecule has 3 atom stereocenters. The fourth-order valence-corrected chi connectivity index (χ4v) is 2.98. The van der Waals surface area contributed by atoms with E-state index in [-0.39, 0.29) is 0 Å². The topological polar surface area (TPSA) is 12.0 Å². The Balaban J connectivity index is 2.38. The van der Waals surface area contributed by atoms with Crippen molar-refractivity contribution in [2.24, 2.45) is 11.8 Å². The molecule has 0 bridgehead atoms. The molecule has 0 spiro atoms. The van der Waals surface area contributed by atoms with Crippen molar-refractivity contribution < 1.29 is 0 Å². The SMILES string of the molecule is C=CCCC(NCCC)C1CCC(CC)C1. The van der Waals surface area contributed by atoms with Crippen molar-refractivity contribution in [2.75, 3.05) is 6.54 Å². The average molecular weight is 223 g/mol. The van der Waals surface area contributed by atoms with E-state index in [2.05, 4.69) is 31.8 Å². The predicted octanol–water partition coefficient (Wildman–Crippen LogP) is 4.15. The Labute approximate surface area is 102 Å². The molecule has 94 valence electrons. The minimum absolute atomic E-state index is 0.745. The van der Waals surface area contributed by atoms with Gasteiger partial charge in [0.1, 0.15) is 0 Å². The lowest BCUT2D eigenvalue weighted by molar-refractivity contribution is 0.331. The second kappa shape index (κ2) is 7.89. The highest BCUT2D eigenvalue weighted by Crippen LogP contribution is 2.36. The van der Waals surface area contributed by atoms with Crippen molar-refractivity contribution in [3.05, 3.63) is 12.7 Å². The first kappa shape index (κ1) is 13.8. The maximum Gasteiger partial charge on any atom is 0.00983 e. The van der Waals surface area contributed by atoms with Crippen LogP contribution in [0.3, 0.4) is 0 Å². The molecule has 1 aliphatic rings. The third-order valence-electron chi connectivity index (χ3n) is 4.07. The van der Waals surface area contributed by atoms with Crippen LogP contribution >= 0.6 is 0 Å². The third-order valence-corrected chi connectivity index (χ3v) is 4.07. The molecule has 3 unspecified atom stereocenters. The first-order chi connectivity index (χ1) is 7.81. The van der Waals surface area contributed by atoms with E-state index in [0.29, 0.717) is 0 Å². The maximum atomic E-state index is 3.84. The van der Waals surface area contributed by atoms with Gasteiger partial charge in [0.25, 0.3) is 0 Å². The standard InChI is InChI=1S/C15H29N/c1-4-7-8-15(16-11-5-2)14-10-9-13(6-3)12-14/h4,13-16H,1,5-12H2,2-3H3. The lowest BCUT2D eigenvalue weighted by Gasteiger charge is -2.24. The van der Waals surface area contributed by atoms with Gasteiger partial charge in [0.05, 0.1) is 0 Å². The van der Waals surface area contributed by atoms with Crippen LogP contribution in [0.25, 0.3) is 0 Å². The lowest BCUT2D eigenvalue weighted by atomic mass is 9.92. The Morgan fingerprint density at radius 2 is 2.19 bits per heavy atom. The Bertz CT molecular complexity index is 188. The number of allylic oxidation sites excluding steroid dienone is 1. The Kier molecular flexibility index (Phi) is 6.79. The van der Waals surface area contributed by atoms with Crippen LogP contribution in [-0.4, -0.2) is 12.6 Å². The number of hydrogen-bond donors (Lipinski definition) is 1. The van der Waals surface area contributed by atoms with Crippen LogP contribution in [0.15, 0.2) is 12.7 Å². The molecule has 1 fully saturated rings. The maximum absolute atomic E-state index is 3.84. The molecule has 0 aromatic rings. The first-order valence-corrected chi connectivity index (χ1v) is 7.16. The first-order valence-electron chi connectivity index (χ1n) is 7.16. The minimum atomic E-state index is 0.745. The average Bonchev–Trinajstić information content (AvgIpc) is 2.78. The van der Waals surface area contributed by atoms with E-state index in [1.807, 2.05) is 0 Å². The predicted molar refractivity (Wildman–Crippen MR) is 72.6 cm³/mol. The summed E-state index contributed by atoms with van der Waals surface area (Å²) in [5.41, 5.74) is 0. The molecule has 1 heteroatoms. The van der Waals surface area contributed by atoms with E-state index < -0.39 is 0 Å². The van der Waals surface area contributed by atoms with Gasteiger partial charge in [-0.05, 0) is 50.5 Å². The van der Waals surface area contributed by atoms with Gasteiger partial charge in [0, 0.05) is 6.04 Å². The molecule has 0 heterocycles. The molecule has 1 saturated carbocycles. The smallest absolute Gasteiger partial charge is 0.00983 e. The van der Waals surface area contributed by atoms with E-state index in [9.17, 15) is 0 Å². The van der Waals surface area contributed by atoms with Crippen molar-refractivity contribution in [1.82, 2.24) is 5.32 Å². The fraction of sp³-hybridized carbons (Fsp3) is 0.867. The van der Waals surface area contributed by atoms with Crippen LogP contribution in [-0.2, 0) is 0 Å². The molecule has 0 aliphatic heterocycles. The van der Waals surface area contributed by atoms with Crippen LogP contribution < -0.4 is 5.32 Å². The zero-order chi connectivity index (χ0) is 11.8. The van der Waals surface area contributed by atoms with Gasteiger partial charge in [0.2, 0.25) is 0 Å². The van der Waals surface area contributed by atoms with Gasteiger partial charge < -0.3 is 5.32 Å². The molecule has 0 saturated heterocycles. The highest BCUT2D eigenvalue weighted by atomic mass is 14.9. The zero-order valence-corrected chi connectivity index (χ0v) is 11.2. The summed E-state index contributed by atoms with van der Waals surface area (Å²) in [6, 6.07) is 0.745. The summed E-state index contributed by atoms with van der Waals surface area (Å²) >= 11 is 0. The largest absolute Gasteiger partial charge is 0.314 e.